The van der Waals surface area contributed by atoms with Gasteiger partial charge in [-0.1, -0.05) is 18.1 Å². The molecular formula is C16H21N3O3. The Labute approximate surface area is 130 Å². The first-order valence-corrected chi connectivity index (χ1v) is 7.57. The lowest BCUT2D eigenvalue weighted by Crippen LogP contribution is -2.29. The Balaban J connectivity index is 1.80. The molecule has 1 aromatic carbocycles. The van der Waals surface area contributed by atoms with Gasteiger partial charge in [-0.2, -0.15) is 4.98 Å². The van der Waals surface area contributed by atoms with Crippen molar-refractivity contribution in [1.29, 1.82) is 0 Å². The molecule has 0 radical (unpaired) electrons. The molecule has 6 heteroatoms. The van der Waals surface area contributed by atoms with Gasteiger partial charge in [0.05, 0.1) is 13.2 Å². The van der Waals surface area contributed by atoms with Crippen molar-refractivity contribution in [3.05, 3.63) is 35.5 Å². The first kappa shape index (κ1) is 14.8. The summed E-state index contributed by atoms with van der Waals surface area (Å²) in [5.41, 5.74) is 1.14. The molecule has 118 valence electrons. The molecule has 0 amide bonds. The van der Waals surface area contributed by atoms with Gasteiger partial charge in [0.25, 0.3) is 0 Å². The number of hydrogen-bond acceptors (Lipinski definition) is 6. The van der Waals surface area contributed by atoms with Gasteiger partial charge in [0, 0.05) is 31.1 Å². The van der Waals surface area contributed by atoms with E-state index in [1.807, 2.05) is 25.1 Å². The number of aromatic nitrogens is 2. The predicted molar refractivity (Wildman–Crippen MR) is 81.0 cm³/mol. The van der Waals surface area contributed by atoms with Crippen LogP contribution in [-0.2, 0) is 13.0 Å². The SMILES string of the molecule is CCc1noc([C@H](C)N2CCOc3cc(OC)ccc3C2)n1. The number of aryl methyl sites for hydroxylation is 1. The smallest absolute Gasteiger partial charge is 0.243 e. The van der Waals surface area contributed by atoms with E-state index in [9.17, 15) is 0 Å². The van der Waals surface area contributed by atoms with Gasteiger partial charge in [0.2, 0.25) is 5.89 Å². The Morgan fingerprint density at radius 2 is 2.27 bits per heavy atom. The average molecular weight is 303 g/mol. The molecule has 0 unspecified atom stereocenters. The molecule has 0 aliphatic carbocycles. The average Bonchev–Trinajstić information content (AvgIpc) is 2.93. The first-order valence-electron chi connectivity index (χ1n) is 7.57. The third-order valence-electron chi connectivity index (χ3n) is 3.99. The second-order valence-electron chi connectivity index (χ2n) is 5.37. The van der Waals surface area contributed by atoms with Crippen LogP contribution in [0.15, 0.2) is 22.7 Å². The number of fused-ring (bicyclic) bond motifs is 1. The third-order valence-corrected chi connectivity index (χ3v) is 3.99. The summed E-state index contributed by atoms with van der Waals surface area (Å²) in [6.07, 6.45) is 0.780. The summed E-state index contributed by atoms with van der Waals surface area (Å²) in [4.78, 5) is 6.72. The van der Waals surface area contributed by atoms with Crippen molar-refractivity contribution in [1.82, 2.24) is 15.0 Å². The molecule has 0 saturated carbocycles. The summed E-state index contributed by atoms with van der Waals surface area (Å²) in [6, 6.07) is 6.00. The summed E-state index contributed by atoms with van der Waals surface area (Å²) < 4.78 is 16.5. The Morgan fingerprint density at radius 3 is 3.00 bits per heavy atom. The standard InChI is InChI=1S/C16H21N3O3/c1-4-15-17-16(22-18-15)11(2)19-7-8-21-14-9-13(20-3)6-5-12(14)10-19/h5-6,9,11H,4,7-8,10H2,1-3H3/t11-/m0/s1. The summed E-state index contributed by atoms with van der Waals surface area (Å²) in [6.45, 7) is 6.32. The molecule has 2 aromatic rings. The molecule has 1 aromatic heterocycles. The maximum Gasteiger partial charge on any atom is 0.243 e. The first-order chi connectivity index (χ1) is 10.7. The third kappa shape index (κ3) is 2.92. The van der Waals surface area contributed by atoms with Crippen LogP contribution in [-0.4, -0.2) is 35.3 Å². The maximum atomic E-state index is 5.85. The van der Waals surface area contributed by atoms with Gasteiger partial charge >= 0.3 is 0 Å². The molecule has 0 N–H and O–H groups in total. The second-order valence-corrected chi connectivity index (χ2v) is 5.37. The summed E-state index contributed by atoms with van der Waals surface area (Å²) >= 11 is 0. The minimum absolute atomic E-state index is 0.0597. The monoisotopic (exact) mass is 303 g/mol. The van der Waals surface area contributed by atoms with E-state index in [0.717, 1.165) is 42.4 Å². The molecule has 22 heavy (non-hydrogen) atoms. The molecule has 0 saturated heterocycles. The normalized spacial score (nSPS) is 16.5. The van der Waals surface area contributed by atoms with Crippen molar-refractivity contribution in [2.24, 2.45) is 0 Å². The van der Waals surface area contributed by atoms with E-state index < -0.39 is 0 Å². The Bertz CT molecular complexity index is 641. The lowest BCUT2D eigenvalue weighted by Gasteiger charge is -2.24. The molecule has 1 aliphatic rings. The van der Waals surface area contributed by atoms with Gasteiger partial charge < -0.3 is 14.0 Å². The van der Waals surface area contributed by atoms with Gasteiger partial charge in [0.15, 0.2) is 5.82 Å². The van der Waals surface area contributed by atoms with Crippen LogP contribution in [0.2, 0.25) is 0 Å². The molecular weight excluding hydrogens is 282 g/mol. The molecule has 0 fully saturated rings. The highest BCUT2D eigenvalue weighted by atomic mass is 16.5. The van der Waals surface area contributed by atoms with Crippen LogP contribution in [0.25, 0.3) is 0 Å². The summed E-state index contributed by atoms with van der Waals surface area (Å²) in [5, 5.41) is 3.98. The van der Waals surface area contributed by atoms with Gasteiger partial charge in [-0.25, -0.2) is 0 Å². The molecule has 0 spiro atoms. The maximum absolute atomic E-state index is 5.85. The molecule has 0 bridgehead atoms. The van der Waals surface area contributed by atoms with Crippen LogP contribution in [0, 0.1) is 0 Å². The molecule has 1 atom stereocenters. The lowest BCUT2D eigenvalue weighted by molar-refractivity contribution is 0.151. The fourth-order valence-corrected chi connectivity index (χ4v) is 2.57. The topological polar surface area (TPSA) is 60.6 Å². The molecule has 2 heterocycles. The number of benzene rings is 1. The minimum Gasteiger partial charge on any atom is -0.497 e. The van der Waals surface area contributed by atoms with Gasteiger partial charge in [-0.15, -0.1) is 0 Å². The predicted octanol–water partition coefficient (Wildman–Crippen LogP) is 2.60. The van der Waals surface area contributed by atoms with Gasteiger partial charge in [-0.05, 0) is 13.0 Å². The van der Waals surface area contributed by atoms with Crippen LogP contribution >= 0.6 is 0 Å². The van der Waals surface area contributed by atoms with Crippen molar-refractivity contribution in [3.63, 3.8) is 0 Å². The van der Waals surface area contributed by atoms with Gasteiger partial charge in [-0.3, -0.25) is 4.90 Å². The van der Waals surface area contributed by atoms with Crippen molar-refractivity contribution in [2.75, 3.05) is 20.3 Å². The second kappa shape index (κ2) is 6.36. The fraction of sp³-hybridized carbons (Fsp3) is 0.500. The van der Waals surface area contributed by atoms with Crippen molar-refractivity contribution >= 4 is 0 Å². The fourth-order valence-electron chi connectivity index (χ4n) is 2.57. The number of hydrogen-bond donors (Lipinski definition) is 0. The van der Waals surface area contributed by atoms with Crippen molar-refractivity contribution < 1.29 is 14.0 Å². The summed E-state index contributed by atoms with van der Waals surface area (Å²) in [5.74, 6) is 3.10. The van der Waals surface area contributed by atoms with E-state index in [1.165, 1.54) is 0 Å². The van der Waals surface area contributed by atoms with Crippen LogP contribution < -0.4 is 9.47 Å². The highest BCUT2D eigenvalue weighted by Crippen LogP contribution is 2.30. The van der Waals surface area contributed by atoms with E-state index in [0.29, 0.717) is 12.5 Å². The van der Waals surface area contributed by atoms with E-state index in [1.54, 1.807) is 7.11 Å². The van der Waals surface area contributed by atoms with E-state index in [2.05, 4.69) is 22.0 Å². The van der Waals surface area contributed by atoms with E-state index in [4.69, 9.17) is 14.0 Å². The zero-order valence-electron chi connectivity index (χ0n) is 13.2. The minimum atomic E-state index is 0.0597. The van der Waals surface area contributed by atoms with Crippen molar-refractivity contribution in [2.45, 2.75) is 32.9 Å². The lowest BCUT2D eigenvalue weighted by atomic mass is 10.1. The van der Waals surface area contributed by atoms with Crippen LogP contribution in [0.3, 0.4) is 0 Å². The number of rotatable bonds is 4. The zero-order chi connectivity index (χ0) is 15.5. The Hall–Kier alpha value is -2.08. The highest BCUT2D eigenvalue weighted by molar-refractivity contribution is 5.41. The Kier molecular flexibility index (Phi) is 4.29. The number of methoxy groups -OCH3 is 1. The zero-order valence-corrected chi connectivity index (χ0v) is 13.2. The molecule has 3 rings (SSSR count). The Morgan fingerprint density at radius 1 is 1.41 bits per heavy atom. The largest absolute Gasteiger partial charge is 0.497 e. The molecule has 1 aliphatic heterocycles. The highest BCUT2D eigenvalue weighted by Gasteiger charge is 2.25. The van der Waals surface area contributed by atoms with E-state index >= 15 is 0 Å². The van der Waals surface area contributed by atoms with Crippen molar-refractivity contribution in [3.8, 4) is 11.5 Å². The van der Waals surface area contributed by atoms with Gasteiger partial charge in [0.1, 0.15) is 18.1 Å². The summed E-state index contributed by atoms with van der Waals surface area (Å²) in [7, 11) is 1.66. The number of ether oxygens (including phenoxy) is 2. The van der Waals surface area contributed by atoms with E-state index in [-0.39, 0.29) is 6.04 Å². The van der Waals surface area contributed by atoms with Crippen LogP contribution in [0.1, 0.15) is 37.2 Å². The quantitative estimate of drug-likeness (QED) is 0.865. The molecule has 6 nitrogen and oxygen atoms in total. The van der Waals surface area contributed by atoms with Crippen LogP contribution in [0.4, 0.5) is 0 Å². The number of nitrogens with zero attached hydrogens (tertiary/aromatic N) is 3. The van der Waals surface area contributed by atoms with Crippen LogP contribution in [0.5, 0.6) is 11.5 Å².